The molecule has 31 heavy (non-hydrogen) atoms. The van der Waals surface area contributed by atoms with E-state index in [9.17, 15) is 4.79 Å². The van der Waals surface area contributed by atoms with Crippen molar-refractivity contribution in [1.29, 1.82) is 0 Å². The molecule has 1 amide bonds. The maximum absolute atomic E-state index is 12.5. The molecule has 0 fully saturated rings. The minimum atomic E-state index is -0.179. The van der Waals surface area contributed by atoms with Gasteiger partial charge < -0.3 is 10.1 Å². The van der Waals surface area contributed by atoms with Crippen LogP contribution in [0.25, 0.3) is 0 Å². The zero-order valence-electron chi connectivity index (χ0n) is 16.8. The number of para-hydroxylation sites is 1. The average Bonchev–Trinajstić information content (AvgIpc) is 2.84. The number of amides is 1. The molecule has 1 heterocycles. The lowest BCUT2D eigenvalue weighted by molar-refractivity contribution is 0.102. The van der Waals surface area contributed by atoms with Crippen molar-refractivity contribution in [2.45, 2.75) is 11.9 Å². The molecule has 3 aromatic carbocycles. The average molecular weight is 427 g/mol. The van der Waals surface area contributed by atoms with Crippen LogP contribution in [0.15, 0.2) is 103 Å². The summed E-state index contributed by atoms with van der Waals surface area (Å²) < 4.78 is 6.08. The maximum atomic E-state index is 12.5. The molecule has 0 aliphatic rings. The van der Waals surface area contributed by atoms with Crippen molar-refractivity contribution in [3.63, 3.8) is 0 Å². The Morgan fingerprint density at radius 1 is 0.903 bits per heavy atom. The minimum absolute atomic E-state index is 0.178. The smallest absolute Gasteiger partial charge is 0.255 e. The number of carbonyl (C=O) groups excluding carboxylic acids is 1. The molecule has 1 N–H and O–H groups in total. The number of rotatable bonds is 7. The lowest BCUT2D eigenvalue weighted by Crippen LogP contribution is -2.12. The summed E-state index contributed by atoms with van der Waals surface area (Å²) in [6.07, 6.45) is 3.28. The molecule has 1 unspecified atom stereocenters. The van der Waals surface area contributed by atoms with Gasteiger partial charge in [-0.15, -0.1) is 0 Å². The predicted octanol–water partition coefficient (Wildman–Crippen LogP) is 5.93. The van der Waals surface area contributed by atoms with Gasteiger partial charge in [0.05, 0.1) is 17.1 Å². The van der Waals surface area contributed by atoms with Gasteiger partial charge in [-0.05, 0) is 41.5 Å². The van der Waals surface area contributed by atoms with Gasteiger partial charge in [-0.1, -0.05) is 60.7 Å². The third kappa shape index (κ3) is 5.32. The molecule has 0 aliphatic carbocycles. The Balaban J connectivity index is 1.47. The van der Waals surface area contributed by atoms with E-state index in [1.54, 1.807) is 36.7 Å². The van der Waals surface area contributed by atoms with Gasteiger partial charge in [-0.3, -0.25) is 9.78 Å². The Kier molecular flexibility index (Phi) is 6.65. The molecule has 0 bridgehead atoms. The predicted molar refractivity (Wildman–Crippen MR) is 127 cm³/mol. The van der Waals surface area contributed by atoms with Crippen LogP contribution in [0.4, 0.5) is 5.69 Å². The molecule has 0 radical (unpaired) electrons. The first-order chi connectivity index (χ1) is 15.2. The van der Waals surface area contributed by atoms with Gasteiger partial charge in [0.15, 0.2) is 0 Å². The van der Waals surface area contributed by atoms with E-state index >= 15 is 0 Å². The number of pyridine rings is 1. The minimum Gasteiger partial charge on any atom is -0.489 e. The summed E-state index contributed by atoms with van der Waals surface area (Å²) in [5.41, 5.74) is 4.30. The fourth-order valence-corrected chi connectivity index (χ4v) is 3.59. The van der Waals surface area contributed by atoms with Crippen molar-refractivity contribution in [3.05, 3.63) is 126 Å². The Hall–Kier alpha value is -3.57. The Morgan fingerprint density at radius 2 is 1.65 bits per heavy atom. The van der Waals surface area contributed by atoms with Gasteiger partial charge in [-0.25, -0.2) is 0 Å². The molecule has 0 saturated heterocycles. The van der Waals surface area contributed by atoms with Gasteiger partial charge in [-0.2, -0.15) is 12.6 Å². The largest absolute Gasteiger partial charge is 0.489 e. The second kappa shape index (κ2) is 9.96. The van der Waals surface area contributed by atoms with Crippen LogP contribution in [-0.4, -0.2) is 10.9 Å². The molecule has 0 spiro atoms. The number of thiol groups is 1. The summed E-state index contributed by atoms with van der Waals surface area (Å²) in [6, 6.07) is 29.0. The van der Waals surface area contributed by atoms with Gasteiger partial charge >= 0.3 is 0 Å². The quantitative estimate of drug-likeness (QED) is 0.360. The van der Waals surface area contributed by atoms with E-state index in [0.717, 1.165) is 22.4 Å². The summed E-state index contributed by atoms with van der Waals surface area (Å²) in [4.78, 5) is 16.5. The van der Waals surface area contributed by atoms with Crippen LogP contribution in [-0.2, 0) is 6.61 Å². The highest BCUT2D eigenvalue weighted by Crippen LogP contribution is 2.35. The number of hydrogen-bond acceptors (Lipinski definition) is 4. The summed E-state index contributed by atoms with van der Waals surface area (Å²) in [6.45, 7) is 0.492. The van der Waals surface area contributed by atoms with Crippen molar-refractivity contribution in [3.8, 4) is 5.75 Å². The van der Waals surface area contributed by atoms with Crippen molar-refractivity contribution in [2.24, 2.45) is 0 Å². The van der Waals surface area contributed by atoms with Crippen molar-refractivity contribution >= 4 is 24.2 Å². The Morgan fingerprint density at radius 3 is 2.39 bits per heavy atom. The van der Waals surface area contributed by atoms with Crippen molar-refractivity contribution in [1.82, 2.24) is 4.98 Å². The van der Waals surface area contributed by atoms with E-state index in [1.165, 1.54) is 0 Å². The van der Waals surface area contributed by atoms with E-state index in [4.69, 9.17) is 17.4 Å². The highest BCUT2D eigenvalue weighted by molar-refractivity contribution is 7.80. The lowest BCUT2D eigenvalue weighted by Gasteiger charge is -2.17. The second-order valence-corrected chi connectivity index (χ2v) is 7.55. The van der Waals surface area contributed by atoms with Gasteiger partial charge in [0.1, 0.15) is 12.4 Å². The maximum Gasteiger partial charge on any atom is 0.255 e. The highest BCUT2D eigenvalue weighted by atomic mass is 32.1. The molecule has 1 atom stereocenters. The first kappa shape index (κ1) is 20.7. The van der Waals surface area contributed by atoms with E-state index in [0.29, 0.717) is 17.9 Å². The van der Waals surface area contributed by atoms with Crippen LogP contribution in [0.2, 0.25) is 0 Å². The number of benzene rings is 3. The monoisotopic (exact) mass is 426 g/mol. The van der Waals surface area contributed by atoms with Crippen LogP contribution in [0, 0.1) is 0 Å². The number of anilines is 1. The van der Waals surface area contributed by atoms with Crippen molar-refractivity contribution < 1.29 is 9.53 Å². The number of hydrogen-bond donors (Lipinski definition) is 2. The molecule has 0 saturated carbocycles. The summed E-state index contributed by atoms with van der Waals surface area (Å²) in [5, 5.41) is 2.66. The molecule has 4 nitrogen and oxygen atoms in total. The highest BCUT2D eigenvalue weighted by Gasteiger charge is 2.15. The van der Waals surface area contributed by atoms with Crippen LogP contribution >= 0.6 is 12.6 Å². The summed E-state index contributed by atoms with van der Waals surface area (Å²) in [7, 11) is 0. The zero-order chi connectivity index (χ0) is 21.5. The Labute approximate surface area is 187 Å². The standard InChI is InChI=1S/C26H22N2O2S/c29-26(28-22-9-6-16-27-17-22)21-14-12-20(13-15-21)25(31)23-10-4-5-11-24(23)30-18-19-7-2-1-3-8-19/h1-17,25,31H,18H2,(H,28,29). The third-order valence-corrected chi connectivity index (χ3v) is 5.44. The summed E-state index contributed by atoms with van der Waals surface area (Å²) >= 11 is 4.84. The fourth-order valence-electron chi connectivity index (χ4n) is 3.21. The van der Waals surface area contributed by atoms with E-state index in [1.807, 2.05) is 66.7 Å². The number of carbonyl (C=O) groups is 1. The van der Waals surface area contributed by atoms with Crippen molar-refractivity contribution in [2.75, 3.05) is 5.32 Å². The number of ether oxygens (including phenoxy) is 1. The molecular formula is C26H22N2O2S. The molecule has 5 heteroatoms. The van der Waals surface area contributed by atoms with Crippen LogP contribution in [0.1, 0.15) is 32.3 Å². The molecule has 154 valence electrons. The third-order valence-electron chi connectivity index (χ3n) is 4.86. The van der Waals surface area contributed by atoms with E-state index in [-0.39, 0.29) is 11.2 Å². The number of nitrogens with zero attached hydrogens (tertiary/aromatic N) is 1. The normalized spacial score (nSPS) is 11.5. The Bertz CT molecular complexity index is 1130. The number of nitrogens with one attached hydrogen (secondary N) is 1. The fraction of sp³-hybridized carbons (Fsp3) is 0.0769. The lowest BCUT2D eigenvalue weighted by atomic mass is 10.0. The molecule has 0 aliphatic heterocycles. The van der Waals surface area contributed by atoms with E-state index < -0.39 is 0 Å². The second-order valence-electron chi connectivity index (χ2n) is 7.03. The first-order valence-electron chi connectivity index (χ1n) is 9.96. The SMILES string of the molecule is O=C(Nc1cccnc1)c1ccc(C(S)c2ccccc2OCc2ccccc2)cc1. The zero-order valence-corrected chi connectivity index (χ0v) is 17.7. The van der Waals surface area contributed by atoms with Crippen LogP contribution < -0.4 is 10.1 Å². The summed E-state index contributed by atoms with van der Waals surface area (Å²) in [5.74, 6) is 0.617. The molecular weight excluding hydrogens is 404 g/mol. The molecule has 4 rings (SSSR count). The van der Waals surface area contributed by atoms with Gasteiger partial charge in [0.25, 0.3) is 5.91 Å². The number of aromatic nitrogens is 1. The first-order valence-corrected chi connectivity index (χ1v) is 10.5. The van der Waals surface area contributed by atoms with Gasteiger partial charge in [0, 0.05) is 17.3 Å². The van der Waals surface area contributed by atoms with E-state index in [2.05, 4.69) is 10.3 Å². The molecule has 1 aromatic heterocycles. The molecule has 4 aromatic rings. The topological polar surface area (TPSA) is 51.2 Å². The van der Waals surface area contributed by atoms with Crippen LogP contribution in [0.3, 0.4) is 0 Å². The van der Waals surface area contributed by atoms with Crippen LogP contribution in [0.5, 0.6) is 5.75 Å². The van der Waals surface area contributed by atoms with Gasteiger partial charge in [0.2, 0.25) is 0 Å².